The molecule has 2 aromatic heterocycles. The van der Waals surface area contributed by atoms with Crippen LogP contribution in [0.15, 0.2) is 54.9 Å². The van der Waals surface area contributed by atoms with Gasteiger partial charge in [-0.1, -0.05) is 30.3 Å². The molecule has 2 heterocycles. The first-order valence-corrected chi connectivity index (χ1v) is 8.45. The van der Waals surface area contributed by atoms with Crippen molar-refractivity contribution in [2.24, 2.45) is 0 Å². The number of nitrogens with zero attached hydrogens (tertiary/aromatic N) is 2. The monoisotopic (exact) mass is 320 g/mol. The van der Waals surface area contributed by atoms with Crippen LogP contribution in [0.3, 0.4) is 0 Å². The Morgan fingerprint density at radius 2 is 1.92 bits per heavy atom. The van der Waals surface area contributed by atoms with Gasteiger partial charge in [-0.3, -0.25) is 4.79 Å². The van der Waals surface area contributed by atoms with E-state index in [4.69, 9.17) is 4.74 Å². The summed E-state index contributed by atoms with van der Waals surface area (Å²) >= 11 is 0. The van der Waals surface area contributed by atoms with Crippen LogP contribution in [0, 0.1) is 0 Å². The normalized spacial score (nSPS) is 15.8. The van der Waals surface area contributed by atoms with E-state index in [1.54, 1.807) is 0 Å². The second kappa shape index (κ2) is 6.48. The van der Waals surface area contributed by atoms with Crippen molar-refractivity contribution in [3.05, 3.63) is 66.0 Å². The van der Waals surface area contributed by atoms with Crippen molar-refractivity contribution in [2.45, 2.75) is 38.2 Å². The van der Waals surface area contributed by atoms with Gasteiger partial charge in [-0.05, 0) is 30.4 Å². The quantitative estimate of drug-likeness (QED) is 0.725. The first kappa shape index (κ1) is 14.9. The molecule has 0 saturated heterocycles. The third-order valence-corrected chi connectivity index (χ3v) is 4.75. The van der Waals surface area contributed by atoms with Crippen molar-refractivity contribution < 1.29 is 9.53 Å². The largest absolute Gasteiger partial charge is 0.489 e. The van der Waals surface area contributed by atoms with Crippen molar-refractivity contribution in [1.29, 1.82) is 0 Å². The Bertz CT molecular complexity index is 844. The van der Waals surface area contributed by atoms with Gasteiger partial charge in [-0.15, -0.1) is 0 Å². The number of pyridine rings is 1. The topological polar surface area (TPSA) is 43.6 Å². The molecule has 4 nitrogen and oxygen atoms in total. The van der Waals surface area contributed by atoms with Gasteiger partial charge in [0, 0.05) is 30.7 Å². The van der Waals surface area contributed by atoms with Crippen LogP contribution in [0.25, 0.3) is 5.52 Å². The molecule has 4 rings (SSSR count). The molecule has 0 unspecified atom stereocenters. The van der Waals surface area contributed by atoms with Crippen LogP contribution < -0.4 is 4.74 Å². The second-order valence-electron chi connectivity index (χ2n) is 6.38. The third-order valence-electron chi connectivity index (χ3n) is 4.75. The maximum atomic E-state index is 11.5. The molecule has 0 atom stereocenters. The number of hydrogen-bond donors (Lipinski definition) is 0. The lowest BCUT2D eigenvalue weighted by Crippen LogP contribution is -2.12. The number of hydrogen-bond acceptors (Lipinski definition) is 3. The van der Waals surface area contributed by atoms with E-state index >= 15 is 0 Å². The van der Waals surface area contributed by atoms with Gasteiger partial charge in [0.05, 0.1) is 11.7 Å². The molecule has 0 aliphatic heterocycles. The lowest BCUT2D eigenvalue weighted by Gasteiger charge is -2.20. The number of aromatic nitrogens is 2. The third kappa shape index (κ3) is 3.04. The van der Waals surface area contributed by atoms with Crippen LogP contribution in [-0.2, 0) is 11.4 Å². The smallest absolute Gasteiger partial charge is 0.132 e. The first-order valence-electron chi connectivity index (χ1n) is 8.45. The molecule has 1 aromatic carbocycles. The molecular weight excluding hydrogens is 300 g/mol. The summed E-state index contributed by atoms with van der Waals surface area (Å²) < 4.78 is 7.82. The van der Waals surface area contributed by atoms with Crippen molar-refractivity contribution in [1.82, 2.24) is 9.61 Å². The van der Waals surface area contributed by atoms with E-state index in [0.717, 1.165) is 29.7 Å². The summed E-state index contributed by atoms with van der Waals surface area (Å²) in [5.74, 6) is 1.65. The van der Waals surface area contributed by atoms with Crippen molar-refractivity contribution in [3.63, 3.8) is 0 Å². The maximum Gasteiger partial charge on any atom is 0.132 e. The molecule has 1 aliphatic carbocycles. The lowest BCUT2D eigenvalue weighted by molar-refractivity contribution is -0.120. The second-order valence-corrected chi connectivity index (χ2v) is 6.38. The Hall–Kier alpha value is -2.62. The van der Waals surface area contributed by atoms with E-state index in [1.807, 2.05) is 41.2 Å². The number of fused-ring (bicyclic) bond motifs is 1. The van der Waals surface area contributed by atoms with Crippen LogP contribution in [0.5, 0.6) is 5.75 Å². The summed E-state index contributed by atoms with van der Waals surface area (Å²) in [4.78, 5) is 11.5. The van der Waals surface area contributed by atoms with Gasteiger partial charge in [0.1, 0.15) is 18.1 Å². The number of Topliss-reactive ketones (excluding diaryl/α,β-unsaturated/α-hetero) is 1. The summed E-state index contributed by atoms with van der Waals surface area (Å²) in [5, 5.41) is 4.45. The van der Waals surface area contributed by atoms with E-state index in [1.165, 1.54) is 5.56 Å². The van der Waals surface area contributed by atoms with Crippen molar-refractivity contribution in [3.8, 4) is 5.75 Å². The van der Waals surface area contributed by atoms with Crippen LogP contribution >= 0.6 is 0 Å². The fraction of sp³-hybridized carbons (Fsp3) is 0.300. The molecule has 24 heavy (non-hydrogen) atoms. The Balaban J connectivity index is 1.55. The van der Waals surface area contributed by atoms with E-state index < -0.39 is 0 Å². The van der Waals surface area contributed by atoms with Crippen LogP contribution in [0.1, 0.15) is 42.7 Å². The van der Waals surface area contributed by atoms with Gasteiger partial charge in [0.2, 0.25) is 0 Å². The minimum absolute atomic E-state index is 0.384. The Kier molecular flexibility index (Phi) is 4.03. The SMILES string of the molecule is O=C1CCC(c2cnn3ccc(OCc4ccccc4)cc23)CC1. The zero-order valence-electron chi connectivity index (χ0n) is 13.5. The van der Waals surface area contributed by atoms with E-state index in [-0.39, 0.29) is 0 Å². The highest BCUT2D eigenvalue weighted by atomic mass is 16.5. The molecule has 0 spiro atoms. The fourth-order valence-corrected chi connectivity index (χ4v) is 3.38. The molecule has 0 radical (unpaired) electrons. The minimum Gasteiger partial charge on any atom is -0.489 e. The predicted molar refractivity (Wildman–Crippen MR) is 92.2 cm³/mol. The number of rotatable bonds is 4. The maximum absolute atomic E-state index is 11.5. The number of carbonyl (C=O) groups is 1. The zero-order chi connectivity index (χ0) is 16.4. The summed E-state index contributed by atoms with van der Waals surface area (Å²) in [6, 6.07) is 14.1. The molecular formula is C20H20N2O2. The Morgan fingerprint density at radius 1 is 1.12 bits per heavy atom. The van der Waals surface area contributed by atoms with E-state index in [0.29, 0.717) is 31.1 Å². The average molecular weight is 320 g/mol. The summed E-state index contributed by atoms with van der Waals surface area (Å²) in [5.41, 5.74) is 3.46. The van der Waals surface area contributed by atoms with Gasteiger partial charge in [0.25, 0.3) is 0 Å². The average Bonchev–Trinajstić information content (AvgIpc) is 3.05. The highest BCUT2D eigenvalue weighted by Gasteiger charge is 2.23. The van der Waals surface area contributed by atoms with Gasteiger partial charge in [0.15, 0.2) is 0 Å². The minimum atomic E-state index is 0.384. The number of ether oxygens (including phenoxy) is 1. The van der Waals surface area contributed by atoms with E-state index in [9.17, 15) is 4.79 Å². The summed E-state index contributed by atoms with van der Waals surface area (Å²) in [6.45, 7) is 0.554. The number of ketones is 1. The standard InChI is InChI=1S/C20H20N2O2/c23-17-8-6-16(7-9-17)19-13-21-22-11-10-18(12-20(19)22)24-14-15-4-2-1-3-5-15/h1-5,10-13,16H,6-9,14H2. The molecule has 3 aromatic rings. The fourth-order valence-electron chi connectivity index (χ4n) is 3.38. The predicted octanol–water partition coefficient (Wildman–Crippen LogP) is 4.14. The van der Waals surface area contributed by atoms with Crippen molar-refractivity contribution in [2.75, 3.05) is 0 Å². The van der Waals surface area contributed by atoms with E-state index in [2.05, 4.69) is 23.3 Å². The van der Waals surface area contributed by atoms with Gasteiger partial charge < -0.3 is 4.74 Å². The number of carbonyl (C=O) groups excluding carboxylic acids is 1. The highest BCUT2D eigenvalue weighted by Crippen LogP contribution is 2.34. The van der Waals surface area contributed by atoms with Crippen molar-refractivity contribution >= 4 is 11.3 Å². The Labute approximate surface area is 141 Å². The molecule has 1 saturated carbocycles. The summed E-state index contributed by atoms with van der Waals surface area (Å²) in [7, 11) is 0. The van der Waals surface area contributed by atoms with Crippen LogP contribution in [0.2, 0.25) is 0 Å². The van der Waals surface area contributed by atoms with Gasteiger partial charge in [-0.25, -0.2) is 4.52 Å². The highest BCUT2D eigenvalue weighted by molar-refractivity contribution is 5.79. The first-order chi connectivity index (χ1) is 11.8. The molecule has 122 valence electrons. The molecule has 0 amide bonds. The van der Waals surface area contributed by atoms with Crippen LogP contribution in [-0.4, -0.2) is 15.4 Å². The molecule has 0 N–H and O–H groups in total. The molecule has 4 heteroatoms. The lowest BCUT2D eigenvalue weighted by atomic mass is 9.84. The van der Waals surface area contributed by atoms with Gasteiger partial charge in [-0.2, -0.15) is 5.10 Å². The molecule has 0 bridgehead atoms. The van der Waals surface area contributed by atoms with Gasteiger partial charge >= 0.3 is 0 Å². The zero-order valence-corrected chi connectivity index (χ0v) is 13.5. The Morgan fingerprint density at radius 3 is 2.71 bits per heavy atom. The van der Waals surface area contributed by atoms with Crippen LogP contribution in [0.4, 0.5) is 0 Å². The molecule has 1 aliphatic rings. The number of benzene rings is 1. The molecule has 1 fully saturated rings. The summed E-state index contributed by atoms with van der Waals surface area (Å²) in [6.07, 6.45) is 7.10.